The first-order valence-electron chi connectivity index (χ1n) is 4.21. The second-order valence-corrected chi connectivity index (χ2v) is 4.14. The van der Waals surface area contributed by atoms with E-state index in [1.807, 2.05) is 0 Å². The number of hydrogen-bond donors (Lipinski definition) is 1. The monoisotopic (exact) mass is 173 g/mol. The predicted molar refractivity (Wildman–Crippen MR) is 48.3 cm³/mol. The first-order chi connectivity index (χ1) is 5.29. The Bertz CT molecular complexity index is 132. The molecule has 0 aromatic carbocycles. The predicted octanol–water partition coefficient (Wildman–Crippen LogP) is 2.10. The fourth-order valence-electron chi connectivity index (χ4n) is 1.35. The molecule has 1 aliphatic rings. The van der Waals surface area contributed by atoms with Gasteiger partial charge in [0.2, 0.25) is 5.91 Å². The van der Waals surface area contributed by atoms with Gasteiger partial charge in [-0.1, -0.05) is 19.3 Å². The minimum absolute atomic E-state index is 0.0700. The van der Waals surface area contributed by atoms with Crippen LogP contribution in [-0.2, 0) is 4.79 Å². The summed E-state index contributed by atoms with van der Waals surface area (Å²) >= 11 is 1.61. The van der Waals surface area contributed by atoms with Crippen LogP contribution in [0, 0.1) is 0 Å². The number of amides is 1. The second kappa shape index (κ2) is 4.65. The van der Waals surface area contributed by atoms with Gasteiger partial charge >= 0.3 is 0 Å². The van der Waals surface area contributed by atoms with Crippen molar-refractivity contribution in [2.75, 3.05) is 0 Å². The van der Waals surface area contributed by atoms with E-state index in [1.165, 1.54) is 32.1 Å². The Balaban J connectivity index is 2.09. The Morgan fingerprint density at radius 2 is 2.00 bits per heavy atom. The zero-order valence-corrected chi connectivity index (χ0v) is 7.75. The van der Waals surface area contributed by atoms with Gasteiger partial charge in [0.05, 0.1) is 0 Å². The summed E-state index contributed by atoms with van der Waals surface area (Å²) in [6, 6.07) is 0. The lowest BCUT2D eigenvalue weighted by atomic mass is 10.0. The molecule has 1 aliphatic carbocycles. The van der Waals surface area contributed by atoms with Crippen molar-refractivity contribution < 1.29 is 4.79 Å². The summed E-state index contributed by atoms with van der Waals surface area (Å²) in [7, 11) is 0. The van der Waals surface area contributed by atoms with Crippen LogP contribution in [-0.4, -0.2) is 11.2 Å². The lowest BCUT2D eigenvalue weighted by Crippen LogP contribution is -2.18. The highest BCUT2D eigenvalue weighted by Gasteiger charge is 2.13. The van der Waals surface area contributed by atoms with Crippen molar-refractivity contribution in [2.45, 2.75) is 44.3 Å². The van der Waals surface area contributed by atoms with E-state index in [-0.39, 0.29) is 5.91 Å². The maximum Gasteiger partial charge on any atom is 0.226 e. The second-order valence-electron chi connectivity index (χ2n) is 3.04. The summed E-state index contributed by atoms with van der Waals surface area (Å²) in [6.07, 6.45) is 6.57. The zero-order valence-electron chi connectivity index (χ0n) is 6.93. The summed E-state index contributed by atoms with van der Waals surface area (Å²) in [5.74, 6) is 0.0700. The van der Waals surface area contributed by atoms with Gasteiger partial charge in [0.1, 0.15) is 0 Å². The quantitative estimate of drug-likeness (QED) is 0.648. The molecule has 2 nitrogen and oxygen atoms in total. The molecule has 0 saturated heterocycles. The van der Waals surface area contributed by atoms with Crippen LogP contribution in [0.1, 0.15) is 39.0 Å². The molecule has 11 heavy (non-hydrogen) atoms. The average molecular weight is 173 g/mol. The topological polar surface area (TPSA) is 29.1 Å². The van der Waals surface area contributed by atoms with Gasteiger partial charge in [-0.2, -0.15) is 0 Å². The molecule has 1 amide bonds. The van der Waals surface area contributed by atoms with Gasteiger partial charge in [-0.3, -0.25) is 4.79 Å². The number of carbonyl (C=O) groups excluding carboxylic acids is 1. The van der Waals surface area contributed by atoms with E-state index in [4.69, 9.17) is 0 Å². The molecule has 0 radical (unpaired) electrons. The molecule has 0 aromatic heterocycles. The minimum Gasteiger partial charge on any atom is -0.300 e. The molecule has 0 aromatic rings. The smallest absolute Gasteiger partial charge is 0.226 e. The standard InChI is InChI=1S/C8H15NOS/c1-7(10)9-11-8-5-3-2-4-6-8/h8H,2-6H2,1H3,(H,9,10). The molecule has 1 rings (SSSR count). The Kier molecular flexibility index (Phi) is 3.77. The summed E-state index contributed by atoms with van der Waals surface area (Å²) in [5, 5.41) is 0.674. The first-order valence-corrected chi connectivity index (χ1v) is 5.09. The van der Waals surface area contributed by atoms with Crippen LogP contribution in [0.3, 0.4) is 0 Å². The molecule has 0 aliphatic heterocycles. The van der Waals surface area contributed by atoms with E-state index in [0.29, 0.717) is 5.25 Å². The van der Waals surface area contributed by atoms with Crippen LogP contribution in [0.2, 0.25) is 0 Å². The van der Waals surface area contributed by atoms with Crippen molar-refractivity contribution in [2.24, 2.45) is 0 Å². The fourth-order valence-corrected chi connectivity index (χ4v) is 2.25. The summed E-state index contributed by atoms with van der Waals surface area (Å²) < 4.78 is 2.79. The van der Waals surface area contributed by atoms with Crippen molar-refractivity contribution in [1.29, 1.82) is 0 Å². The maximum absolute atomic E-state index is 10.6. The van der Waals surface area contributed by atoms with E-state index >= 15 is 0 Å². The Hall–Kier alpha value is -0.180. The van der Waals surface area contributed by atoms with Crippen LogP contribution in [0.25, 0.3) is 0 Å². The van der Waals surface area contributed by atoms with E-state index in [0.717, 1.165) is 0 Å². The molecule has 1 fully saturated rings. The highest BCUT2D eigenvalue weighted by Crippen LogP contribution is 2.25. The molecule has 0 atom stereocenters. The summed E-state index contributed by atoms with van der Waals surface area (Å²) in [5.41, 5.74) is 0. The average Bonchev–Trinajstić information content (AvgIpc) is 2.03. The third kappa shape index (κ3) is 3.65. The highest BCUT2D eigenvalue weighted by atomic mass is 32.2. The van der Waals surface area contributed by atoms with E-state index < -0.39 is 0 Å². The molecular weight excluding hydrogens is 158 g/mol. The van der Waals surface area contributed by atoms with Gasteiger partial charge in [-0.05, 0) is 24.8 Å². The highest BCUT2D eigenvalue weighted by molar-refractivity contribution is 7.98. The van der Waals surface area contributed by atoms with Gasteiger partial charge in [0, 0.05) is 12.2 Å². The normalized spacial score (nSPS) is 19.7. The fraction of sp³-hybridized carbons (Fsp3) is 0.875. The molecule has 1 saturated carbocycles. The first kappa shape index (κ1) is 8.91. The van der Waals surface area contributed by atoms with E-state index in [1.54, 1.807) is 18.9 Å². The lowest BCUT2D eigenvalue weighted by Gasteiger charge is -2.20. The largest absolute Gasteiger partial charge is 0.300 e. The zero-order chi connectivity index (χ0) is 8.10. The van der Waals surface area contributed by atoms with Gasteiger partial charge < -0.3 is 4.72 Å². The molecule has 64 valence electrons. The van der Waals surface area contributed by atoms with E-state index in [9.17, 15) is 4.79 Å². The maximum atomic E-state index is 10.6. The summed E-state index contributed by atoms with van der Waals surface area (Å²) in [4.78, 5) is 10.6. The lowest BCUT2D eigenvalue weighted by molar-refractivity contribution is -0.117. The van der Waals surface area contributed by atoms with Crippen LogP contribution in [0.5, 0.6) is 0 Å². The molecule has 0 unspecified atom stereocenters. The van der Waals surface area contributed by atoms with Crippen molar-refractivity contribution in [1.82, 2.24) is 4.72 Å². The number of carbonyl (C=O) groups is 1. The Labute approximate surface area is 72.3 Å². The minimum atomic E-state index is 0.0700. The van der Waals surface area contributed by atoms with Gasteiger partial charge in [-0.15, -0.1) is 0 Å². The Morgan fingerprint density at radius 3 is 2.55 bits per heavy atom. The van der Waals surface area contributed by atoms with Crippen LogP contribution in [0.15, 0.2) is 0 Å². The number of rotatable bonds is 2. The molecular formula is C8H15NOS. The Morgan fingerprint density at radius 1 is 1.36 bits per heavy atom. The van der Waals surface area contributed by atoms with Gasteiger partial charge in [-0.25, -0.2) is 0 Å². The molecule has 3 heteroatoms. The third-order valence-corrected chi connectivity index (χ3v) is 3.13. The number of hydrogen-bond acceptors (Lipinski definition) is 2. The van der Waals surface area contributed by atoms with Gasteiger partial charge in [0.15, 0.2) is 0 Å². The molecule has 0 heterocycles. The van der Waals surface area contributed by atoms with Crippen molar-refractivity contribution in [3.8, 4) is 0 Å². The van der Waals surface area contributed by atoms with E-state index in [2.05, 4.69) is 4.72 Å². The van der Waals surface area contributed by atoms with Crippen LogP contribution >= 0.6 is 11.9 Å². The SMILES string of the molecule is CC(=O)NSC1CCCCC1. The van der Waals surface area contributed by atoms with Crippen LogP contribution in [0.4, 0.5) is 0 Å². The number of nitrogens with one attached hydrogen (secondary N) is 1. The van der Waals surface area contributed by atoms with Crippen molar-refractivity contribution in [3.05, 3.63) is 0 Å². The van der Waals surface area contributed by atoms with Crippen molar-refractivity contribution in [3.63, 3.8) is 0 Å². The molecule has 0 bridgehead atoms. The molecule has 1 N–H and O–H groups in total. The van der Waals surface area contributed by atoms with Gasteiger partial charge in [0.25, 0.3) is 0 Å². The molecule has 0 spiro atoms. The summed E-state index contributed by atoms with van der Waals surface area (Å²) in [6.45, 7) is 1.57. The van der Waals surface area contributed by atoms with Crippen molar-refractivity contribution >= 4 is 17.9 Å². The third-order valence-electron chi connectivity index (χ3n) is 1.92. The van der Waals surface area contributed by atoms with Crippen LogP contribution < -0.4 is 4.72 Å².